The van der Waals surface area contributed by atoms with Crippen molar-refractivity contribution in [1.29, 1.82) is 5.26 Å². The molecule has 0 atom stereocenters. The summed E-state index contributed by atoms with van der Waals surface area (Å²) in [5.41, 5.74) is 0.384. The van der Waals surface area contributed by atoms with E-state index in [1.807, 2.05) is 12.1 Å². The number of nitrogens with one attached hydrogen (secondary N) is 1. The molecular formula is C15H15BrN4O3S. The lowest BCUT2D eigenvalue weighted by atomic mass is 10.2. The van der Waals surface area contributed by atoms with Crippen LogP contribution in [0.25, 0.3) is 10.9 Å². The predicted molar refractivity (Wildman–Crippen MR) is 94.9 cm³/mol. The highest BCUT2D eigenvalue weighted by atomic mass is 79.9. The van der Waals surface area contributed by atoms with Gasteiger partial charge >= 0.3 is 0 Å². The molecule has 0 fully saturated rings. The summed E-state index contributed by atoms with van der Waals surface area (Å²) in [6.45, 7) is 0.650. The molecule has 0 unspecified atom stereocenters. The van der Waals surface area contributed by atoms with Crippen LogP contribution in [-0.4, -0.2) is 41.5 Å². The molecule has 24 heavy (non-hydrogen) atoms. The Morgan fingerprint density at radius 3 is 3.04 bits per heavy atom. The Balaban J connectivity index is 2.36. The van der Waals surface area contributed by atoms with Crippen molar-refractivity contribution in [3.05, 3.63) is 33.0 Å². The highest BCUT2D eigenvalue weighted by Crippen LogP contribution is 2.20. The number of halogens is 1. The van der Waals surface area contributed by atoms with Crippen molar-refractivity contribution in [1.82, 2.24) is 14.9 Å². The third-order valence-electron chi connectivity index (χ3n) is 3.10. The fraction of sp³-hybridized carbons (Fsp3) is 0.333. The highest BCUT2D eigenvalue weighted by molar-refractivity contribution is 9.10. The molecule has 2 aromatic rings. The fourth-order valence-corrected chi connectivity index (χ4v) is 3.20. The number of ether oxygens (including phenoxy) is 1. The molecule has 2 rings (SSSR count). The second kappa shape index (κ2) is 8.82. The first-order valence-electron chi connectivity index (χ1n) is 7.02. The van der Waals surface area contributed by atoms with Crippen molar-refractivity contribution in [2.24, 2.45) is 0 Å². The maximum Gasteiger partial charge on any atom is 0.262 e. The topological polar surface area (TPSA) is 97.0 Å². The summed E-state index contributed by atoms with van der Waals surface area (Å²) in [4.78, 5) is 28.9. The number of nitrogens with zero attached hydrogens (tertiary/aromatic N) is 3. The number of hydrogen-bond acceptors (Lipinski definition) is 6. The van der Waals surface area contributed by atoms with Crippen molar-refractivity contribution in [2.45, 2.75) is 11.7 Å². The third kappa shape index (κ3) is 4.56. The molecule has 0 saturated carbocycles. The van der Waals surface area contributed by atoms with E-state index in [-0.39, 0.29) is 23.8 Å². The van der Waals surface area contributed by atoms with Crippen LogP contribution in [0, 0.1) is 11.3 Å². The van der Waals surface area contributed by atoms with Crippen molar-refractivity contribution in [3.8, 4) is 6.07 Å². The summed E-state index contributed by atoms with van der Waals surface area (Å²) in [5.74, 6) is -0.214. The number of benzene rings is 1. The number of fused-ring (bicyclic) bond motifs is 1. The minimum atomic E-state index is -0.287. The number of carbonyl (C=O) groups is 1. The predicted octanol–water partition coefficient (Wildman–Crippen LogP) is 1.54. The zero-order chi connectivity index (χ0) is 17.5. The standard InChI is InChI=1S/C15H15BrN4O3S/c1-23-7-6-20-14(22)11-8-10(16)2-3-12(11)19-15(20)24-9-13(21)18-5-4-17/h2-3,8H,5-7,9H2,1H3,(H,18,21). The average molecular weight is 411 g/mol. The van der Waals surface area contributed by atoms with E-state index < -0.39 is 0 Å². The molecule has 0 aliphatic heterocycles. The second-order valence-electron chi connectivity index (χ2n) is 4.73. The number of hydrogen-bond donors (Lipinski definition) is 1. The summed E-state index contributed by atoms with van der Waals surface area (Å²) in [6.07, 6.45) is 0. The second-order valence-corrected chi connectivity index (χ2v) is 6.59. The maximum atomic E-state index is 12.7. The molecule has 0 bridgehead atoms. The van der Waals surface area contributed by atoms with Gasteiger partial charge in [-0.05, 0) is 18.2 Å². The zero-order valence-corrected chi connectivity index (χ0v) is 15.3. The number of rotatable bonds is 7. The van der Waals surface area contributed by atoms with E-state index in [9.17, 15) is 9.59 Å². The maximum absolute atomic E-state index is 12.7. The lowest BCUT2D eigenvalue weighted by molar-refractivity contribution is -0.118. The van der Waals surface area contributed by atoms with Crippen LogP contribution in [0.3, 0.4) is 0 Å². The molecule has 0 aliphatic rings. The molecule has 1 aromatic carbocycles. The SMILES string of the molecule is COCCn1c(SCC(=O)NCC#N)nc2ccc(Br)cc2c1=O. The highest BCUT2D eigenvalue weighted by Gasteiger charge is 2.13. The monoisotopic (exact) mass is 410 g/mol. The molecule has 0 aliphatic carbocycles. The lowest BCUT2D eigenvalue weighted by Gasteiger charge is -2.12. The molecule has 1 aromatic heterocycles. The van der Waals surface area contributed by atoms with Gasteiger partial charge in [-0.25, -0.2) is 4.98 Å². The molecule has 7 nitrogen and oxygen atoms in total. The first-order valence-corrected chi connectivity index (χ1v) is 8.80. The summed E-state index contributed by atoms with van der Waals surface area (Å²) in [5, 5.41) is 11.9. The van der Waals surface area contributed by atoms with Gasteiger partial charge in [0.2, 0.25) is 5.91 Å². The molecular weight excluding hydrogens is 396 g/mol. The normalized spacial score (nSPS) is 10.5. The molecule has 1 heterocycles. The minimum absolute atomic E-state index is 0.0466. The number of methoxy groups -OCH3 is 1. The smallest absolute Gasteiger partial charge is 0.262 e. The van der Waals surface area contributed by atoms with E-state index in [2.05, 4.69) is 26.2 Å². The van der Waals surface area contributed by atoms with E-state index >= 15 is 0 Å². The Morgan fingerprint density at radius 2 is 2.33 bits per heavy atom. The minimum Gasteiger partial charge on any atom is -0.383 e. The van der Waals surface area contributed by atoms with Crippen LogP contribution in [0.4, 0.5) is 0 Å². The Bertz CT molecular complexity index is 847. The van der Waals surface area contributed by atoms with Gasteiger partial charge in [-0.2, -0.15) is 5.26 Å². The van der Waals surface area contributed by atoms with E-state index in [1.165, 1.54) is 4.57 Å². The molecule has 9 heteroatoms. The zero-order valence-electron chi connectivity index (χ0n) is 12.9. The Kier molecular flexibility index (Phi) is 6.78. The van der Waals surface area contributed by atoms with Gasteiger partial charge in [-0.3, -0.25) is 14.2 Å². The van der Waals surface area contributed by atoms with Crippen molar-refractivity contribution in [2.75, 3.05) is 26.0 Å². The van der Waals surface area contributed by atoms with Crippen LogP contribution in [0.5, 0.6) is 0 Å². The number of nitriles is 1. The largest absolute Gasteiger partial charge is 0.383 e. The molecule has 0 saturated heterocycles. The first-order chi connectivity index (χ1) is 11.6. The Hall–Kier alpha value is -1.89. The number of amides is 1. The number of thioether (sulfide) groups is 1. The van der Waals surface area contributed by atoms with Crippen LogP contribution >= 0.6 is 27.7 Å². The van der Waals surface area contributed by atoms with E-state index in [4.69, 9.17) is 10.00 Å². The van der Waals surface area contributed by atoms with Gasteiger partial charge in [0.1, 0.15) is 6.54 Å². The van der Waals surface area contributed by atoms with Crippen LogP contribution in [0.1, 0.15) is 0 Å². The van der Waals surface area contributed by atoms with Crippen LogP contribution in [-0.2, 0) is 16.1 Å². The van der Waals surface area contributed by atoms with Crippen LogP contribution in [0.2, 0.25) is 0 Å². The summed E-state index contributed by atoms with van der Waals surface area (Å²) in [7, 11) is 1.55. The molecule has 0 spiro atoms. The summed E-state index contributed by atoms with van der Waals surface area (Å²) in [6, 6.07) is 7.13. The molecule has 1 N–H and O–H groups in total. The van der Waals surface area contributed by atoms with Crippen molar-refractivity contribution < 1.29 is 9.53 Å². The van der Waals surface area contributed by atoms with E-state index in [0.29, 0.717) is 29.2 Å². The Morgan fingerprint density at radius 1 is 1.54 bits per heavy atom. The van der Waals surface area contributed by atoms with E-state index in [1.54, 1.807) is 19.2 Å². The first kappa shape index (κ1) is 18.4. The lowest BCUT2D eigenvalue weighted by Crippen LogP contribution is -2.28. The van der Waals surface area contributed by atoms with Gasteiger partial charge in [0.15, 0.2) is 5.16 Å². The molecule has 126 valence electrons. The van der Waals surface area contributed by atoms with Crippen LogP contribution in [0.15, 0.2) is 32.6 Å². The average Bonchev–Trinajstić information content (AvgIpc) is 2.58. The van der Waals surface area contributed by atoms with E-state index in [0.717, 1.165) is 16.2 Å². The van der Waals surface area contributed by atoms with Gasteiger partial charge < -0.3 is 10.1 Å². The summed E-state index contributed by atoms with van der Waals surface area (Å²) >= 11 is 4.50. The molecule has 0 radical (unpaired) electrons. The van der Waals surface area contributed by atoms with Gasteiger partial charge in [-0.1, -0.05) is 27.7 Å². The third-order valence-corrected chi connectivity index (χ3v) is 4.57. The van der Waals surface area contributed by atoms with Gasteiger partial charge in [0.05, 0.1) is 35.9 Å². The summed E-state index contributed by atoms with van der Waals surface area (Å²) < 4.78 is 7.34. The van der Waals surface area contributed by atoms with Gasteiger partial charge in [0.25, 0.3) is 5.56 Å². The van der Waals surface area contributed by atoms with Gasteiger partial charge in [-0.15, -0.1) is 0 Å². The Labute approximate surface area is 151 Å². The number of carbonyl (C=O) groups excluding carboxylic acids is 1. The quantitative estimate of drug-likeness (QED) is 0.422. The van der Waals surface area contributed by atoms with Gasteiger partial charge in [0, 0.05) is 11.6 Å². The van der Waals surface area contributed by atoms with Crippen LogP contribution < -0.4 is 10.9 Å². The molecule has 1 amide bonds. The number of aromatic nitrogens is 2. The van der Waals surface area contributed by atoms with Crippen molar-refractivity contribution in [3.63, 3.8) is 0 Å². The fourth-order valence-electron chi connectivity index (χ4n) is 1.98. The van der Waals surface area contributed by atoms with Crippen molar-refractivity contribution >= 4 is 44.5 Å².